The van der Waals surface area contributed by atoms with Crippen LogP contribution in [0.25, 0.3) is 22.2 Å². The van der Waals surface area contributed by atoms with Gasteiger partial charge in [0.15, 0.2) is 11.5 Å². The molecule has 1 amide bonds. The van der Waals surface area contributed by atoms with E-state index >= 15 is 4.39 Å². The van der Waals surface area contributed by atoms with Crippen molar-refractivity contribution in [2.24, 2.45) is 0 Å². The number of benzene rings is 1. The van der Waals surface area contributed by atoms with E-state index in [-0.39, 0.29) is 23.8 Å². The second-order valence-corrected chi connectivity index (χ2v) is 9.66. The minimum atomic E-state index is -0.486. The first-order valence-electron chi connectivity index (χ1n) is 11.5. The van der Waals surface area contributed by atoms with Crippen LogP contribution >= 0.6 is 0 Å². The van der Waals surface area contributed by atoms with Crippen LogP contribution in [0.2, 0.25) is 0 Å². The summed E-state index contributed by atoms with van der Waals surface area (Å²) in [6.45, 7) is 7.66. The van der Waals surface area contributed by atoms with E-state index in [4.69, 9.17) is 4.52 Å². The molecule has 0 saturated carbocycles. The van der Waals surface area contributed by atoms with Gasteiger partial charge in [0.2, 0.25) is 5.89 Å². The zero-order valence-corrected chi connectivity index (χ0v) is 19.8. The number of aromatic nitrogens is 5. The molecule has 4 N–H and O–H groups in total. The van der Waals surface area contributed by atoms with Gasteiger partial charge in [-0.05, 0) is 30.7 Å². The molecule has 4 heterocycles. The number of hydrogen-bond donors (Lipinski definition) is 4. The largest absolute Gasteiger partial charge is 0.364 e. The van der Waals surface area contributed by atoms with Gasteiger partial charge in [-0.1, -0.05) is 38.1 Å². The number of fused-ring (bicyclic) bond motifs is 1. The van der Waals surface area contributed by atoms with Crippen molar-refractivity contribution in [3.8, 4) is 11.1 Å². The number of carbonyl (C=O) groups is 1. The quantitative estimate of drug-likeness (QED) is 0.332. The lowest BCUT2D eigenvalue weighted by atomic mass is 9.97. The lowest BCUT2D eigenvalue weighted by molar-refractivity contribution is 0.0937. The lowest BCUT2D eigenvalue weighted by Gasteiger charge is -2.12. The van der Waals surface area contributed by atoms with Crippen molar-refractivity contribution in [2.45, 2.75) is 45.2 Å². The van der Waals surface area contributed by atoms with Gasteiger partial charge < -0.3 is 20.5 Å². The highest BCUT2D eigenvalue weighted by Crippen LogP contribution is 2.34. The van der Waals surface area contributed by atoms with Crippen LogP contribution in [0.3, 0.4) is 0 Å². The summed E-state index contributed by atoms with van der Waals surface area (Å²) in [5.74, 6) is 0.0820. The summed E-state index contributed by atoms with van der Waals surface area (Å²) >= 11 is 0. The summed E-state index contributed by atoms with van der Waals surface area (Å²) < 4.78 is 20.4. The number of nitrogens with one attached hydrogen (secondary N) is 4. The van der Waals surface area contributed by atoms with E-state index in [1.54, 1.807) is 24.4 Å². The molecule has 0 bridgehead atoms. The Balaban J connectivity index is 1.34. The van der Waals surface area contributed by atoms with Gasteiger partial charge in [-0.15, -0.1) is 0 Å². The van der Waals surface area contributed by atoms with Crippen LogP contribution in [0.15, 0.2) is 35.0 Å². The topological polar surface area (TPSA) is 134 Å². The first kappa shape index (κ1) is 22.9. The fourth-order valence-corrected chi connectivity index (χ4v) is 4.02. The molecule has 0 spiro atoms. The summed E-state index contributed by atoms with van der Waals surface area (Å²) in [5, 5.41) is 21.2. The van der Waals surface area contributed by atoms with Gasteiger partial charge >= 0.3 is 0 Å². The average Bonchev–Trinajstić information content (AvgIpc) is 3.59. The Morgan fingerprint density at radius 2 is 2.11 bits per heavy atom. The molecule has 1 aliphatic heterocycles. The van der Waals surface area contributed by atoms with Crippen LogP contribution < -0.4 is 16.0 Å². The summed E-state index contributed by atoms with van der Waals surface area (Å²) in [6.07, 6.45) is 2.61. The zero-order valence-electron chi connectivity index (χ0n) is 19.8. The van der Waals surface area contributed by atoms with Crippen molar-refractivity contribution in [2.75, 3.05) is 18.4 Å². The number of hydrogen-bond acceptors (Lipinski definition) is 8. The molecule has 1 aromatic carbocycles. The molecule has 1 saturated heterocycles. The Morgan fingerprint density at radius 3 is 2.83 bits per heavy atom. The second-order valence-electron chi connectivity index (χ2n) is 9.66. The molecule has 0 aliphatic carbocycles. The molecule has 1 aliphatic rings. The maximum absolute atomic E-state index is 15.3. The first-order chi connectivity index (χ1) is 16.8. The summed E-state index contributed by atoms with van der Waals surface area (Å²) in [4.78, 5) is 20.9. The molecular formula is C24H27FN8O2. The van der Waals surface area contributed by atoms with Gasteiger partial charge in [-0.3, -0.25) is 9.89 Å². The van der Waals surface area contributed by atoms with E-state index < -0.39 is 11.7 Å². The maximum atomic E-state index is 15.3. The fraction of sp³-hybridized carbons (Fsp3) is 0.375. The Kier molecular flexibility index (Phi) is 5.93. The van der Waals surface area contributed by atoms with Crippen molar-refractivity contribution >= 4 is 22.8 Å². The molecule has 1 atom stereocenters. The Labute approximate surface area is 201 Å². The number of pyridine rings is 1. The van der Waals surface area contributed by atoms with Gasteiger partial charge in [0.25, 0.3) is 11.7 Å². The van der Waals surface area contributed by atoms with E-state index in [9.17, 15) is 4.79 Å². The number of carbonyl (C=O) groups excluding carboxylic acids is 1. The van der Waals surface area contributed by atoms with Gasteiger partial charge in [-0.25, -0.2) is 9.37 Å². The van der Waals surface area contributed by atoms with E-state index in [1.807, 2.05) is 20.8 Å². The molecule has 35 heavy (non-hydrogen) atoms. The molecular weight excluding hydrogens is 451 g/mol. The predicted octanol–water partition coefficient (Wildman–Crippen LogP) is 3.15. The fourth-order valence-electron chi connectivity index (χ4n) is 4.02. The molecule has 11 heteroatoms. The predicted molar refractivity (Wildman–Crippen MR) is 128 cm³/mol. The SMILES string of the molecule is CC(C)(C)c1nc(C(=O)NCc2ccc(-c3ccnc4[nH]nc(N[C@@H]5CCNC5)c34)c(F)c2)no1. The van der Waals surface area contributed by atoms with E-state index in [2.05, 4.69) is 41.3 Å². The highest BCUT2D eigenvalue weighted by atomic mass is 19.1. The third-order valence-corrected chi connectivity index (χ3v) is 5.91. The Hall–Kier alpha value is -3.86. The van der Waals surface area contributed by atoms with Crippen LogP contribution in [-0.4, -0.2) is 50.4 Å². The second kappa shape index (κ2) is 9.06. The number of anilines is 1. The number of H-pyrrole nitrogens is 1. The smallest absolute Gasteiger partial charge is 0.292 e. The maximum Gasteiger partial charge on any atom is 0.292 e. The number of nitrogens with zero attached hydrogens (tertiary/aromatic N) is 4. The molecule has 0 radical (unpaired) electrons. The summed E-state index contributed by atoms with van der Waals surface area (Å²) in [6, 6.07) is 6.91. The van der Waals surface area contributed by atoms with Gasteiger partial charge in [0.1, 0.15) is 5.82 Å². The standard InChI is InChI=1S/C24H27FN8O2/c1-24(2,3)23-30-21(33-35-23)22(34)28-11-13-4-5-15(17(25)10-13)16-7-9-27-19-18(16)20(32-31-19)29-14-6-8-26-12-14/h4-5,7,9-10,14,26H,6,8,11-12H2,1-3H3,(H,28,34)(H2,27,29,31,32)/t14-/m1/s1. The van der Waals surface area contributed by atoms with Crippen LogP contribution in [0.4, 0.5) is 10.2 Å². The third-order valence-electron chi connectivity index (χ3n) is 5.91. The molecule has 1 fully saturated rings. The molecule has 4 aromatic rings. The summed E-state index contributed by atoms with van der Waals surface area (Å²) in [7, 11) is 0. The summed E-state index contributed by atoms with van der Waals surface area (Å²) in [5.41, 5.74) is 1.94. The molecule has 5 rings (SSSR count). The molecule has 0 unspecified atom stereocenters. The van der Waals surface area contributed by atoms with Crippen molar-refractivity contribution in [3.05, 3.63) is 53.6 Å². The lowest BCUT2D eigenvalue weighted by Crippen LogP contribution is -2.24. The van der Waals surface area contributed by atoms with Gasteiger partial charge in [0, 0.05) is 41.9 Å². The minimum absolute atomic E-state index is 0.0522. The van der Waals surface area contributed by atoms with Crippen molar-refractivity contribution in [3.63, 3.8) is 0 Å². The monoisotopic (exact) mass is 478 g/mol. The van der Waals surface area contributed by atoms with E-state index in [0.717, 1.165) is 24.9 Å². The highest BCUT2D eigenvalue weighted by molar-refractivity contribution is 6.00. The van der Waals surface area contributed by atoms with Crippen LogP contribution in [0, 0.1) is 5.82 Å². The highest BCUT2D eigenvalue weighted by Gasteiger charge is 2.24. The number of halogens is 1. The molecule has 10 nitrogen and oxygen atoms in total. The van der Waals surface area contributed by atoms with Crippen LogP contribution in [-0.2, 0) is 12.0 Å². The minimum Gasteiger partial charge on any atom is -0.364 e. The zero-order chi connectivity index (χ0) is 24.6. The molecule has 3 aromatic heterocycles. The average molecular weight is 479 g/mol. The normalized spacial score (nSPS) is 16.1. The van der Waals surface area contributed by atoms with Crippen molar-refractivity contribution in [1.29, 1.82) is 0 Å². The number of amides is 1. The van der Waals surface area contributed by atoms with E-state index in [0.29, 0.717) is 34.0 Å². The number of rotatable bonds is 6. The van der Waals surface area contributed by atoms with Gasteiger partial charge in [0.05, 0.1) is 5.39 Å². The van der Waals surface area contributed by atoms with Crippen molar-refractivity contribution < 1.29 is 13.7 Å². The number of aromatic amines is 1. The third kappa shape index (κ3) is 4.72. The van der Waals surface area contributed by atoms with Crippen LogP contribution in [0.5, 0.6) is 0 Å². The van der Waals surface area contributed by atoms with Crippen molar-refractivity contribution in [1.82, 2.24) is 36.0 Å². The Morgan fingerprint density at radius 1 is 1.26 bits per heavy atom. The van der Waals surface area contributed by atoms with Crippen LogP contribution in [0.1, 0.15) is 49.3 Å². The Bertz CT molecular complexity index is 1370. The molecule has 182 valence electrons. The van der Waals surface area contributed by atoms with E-state index in [1.165, 1.54) is 6.07 Å². The van der Waals surface area contributed by atoms with Gasteiger partial charge in [-0.2, -0.15) is 10.1 Å². The first-order valence-corrected chi connectivity index (χ1v) is 11.5.